The fourth-order valence-corrected chi connectivity index (χ4v) is 2.30. The van der Waals surface area contributed by atoms with Crippen LogP contribution in [0.2, 0.25) is 0 Å². The lowest BCUT2D eigenvalue weighted by molar-refractivity contribution is 0.311. The Balaban J connectivity index is 1.71. The van der Waals surface area contributed by atoms with Gasteiger partial charge >= 0.3 is 0 Å². The first-order valence-corrected chi connectivity index (χ1v) is 8.15. The topological polar surface area (TPSA) is 81.5 Å². The molecule has 3 rings (SSSR count). The lowest BCUT2D eigenvalue weighted by Gasteiger charge is -2.09. The van der Waals surface area contributed by atoms with E-state index in [2.05, 4.69) is 25.7 Å². The van der Waals surface area contributed by atoms with Gasteiger partial charge in [-0.25, -0.2) is 10.4 Å². The molecule has 0 bridgehead atoms. The van der Waals surface area contributed by atoms with Gasteiger partial charge in [0, 0.05) is 5.56 Å². The lowest BCUT2D eigenvalue weighted by atomic mass is 10.2. The van der Waals surface area contributed by atoms with Crippen molar-refractivity contribution in [3.05, 3.63) is 60.3 Å². The van der Waals surface area contributed by atoms with Crippen LogP contribution in [0, 0.1) is 0 Å². The van der Waals surface area contributed by atoms with Crippen molar-refractivity contribution in [2.45, 2.75) is 6.92 Å². The lowest BCUT2D eigenvalue weighted by Crippen LogP contribution is -2.00. The van der Waals surface area contributed by atoms with Gasteiger partial charge in [0.05, 0.1) is 31.8 Å². The largest absolute Gasteiger partial charge is 0.493 e. The molecule has 0 fully saturated rings. The molecule has 7 nitrogen and oxygen atoms in total. The summed E-state index contributed by atoms with van der Waals surface area (Å²) in [5.74, 6) is 1.67. The second-order valence-corrected chi connectivity index (χ2v) is 5.24. The first-order chi connectivity index (χ1) is 12.8. The molecule has 0 spiro atoms. The second-order valence-electron chi connectivity index (χ2n) is 5.24. The summed E-state index contributed by atoms with van der Waals surface area (Å²) < 4.78 is 10.8. The van der Waals surface area contributed by atoms with E-state index >= 15 is 0 Å². The third-order valence-electron chi connectivity index (χ3n) is 3.49. The van der Waals surface area contributed by atoms with Crippen LogP contribution < -0.4 is 14.9 Å². The van der Waals surface area contributed by atoms with Gasteiger partial charge in [-0.2, -0.15) is 10.2 Å². The minimum absolute atomic E-state index is 0.320. The molecule has 0 aliphatic rings. The fourth-order valence-electron chi connectivity index (χ4n) is 2.30. The van der Waals surface area contributed by atoms with Crippen molar-refractivity contribution in [1.82, 2.24) is 15.2 Å². The van der Waals surface area contributed by atoms with Gasteiger partial charge in [-0.15, -0.1) is 5.10 Å². The van der Waals surface area contributed by atoms with Crippen LogP contribution in [0.4, 0.5) is 5.95 Å². The van der Waals surface area contributed by atoms with Gasteiger partial charge in [-0.05, 0) is 30.7 Å². The third-order valence-corrected chi connectivity index (χ3v) is 3.49. The fraction of sp³-hybridized carbons (Fsp3) is 0.158. The predicted octanol–water partition coefficient (Wildman–Crippen LogP) is 3.39. The van der Waals surface area contributed by atoms with Gasteiger partial charge < -0.3 is 9.47 Å². The Hall–Kier alpha value is -3.48. The van der Waals surface area contributed by atoms with Crippen molar-refractivity contribution in [3.8, 4) is 22.8 Å². The Kier molecular flexibility index (Phi) is 5.72. The van der Waals surface area contributed by atoms with Gasteiger partial charge in [0.25, 0.3) is 5.95 Å². The highest BCUT2D eigenvalue weighted by Crippen LogP contribution is 2.27. The number of hydrogen-bond donors (Lipinski definition) is 1. The van der Waals surface area contributed by atoms with Gasteiger partial charge in [0.1, 0.15) is 0 Å². The molecule has 3 aromatic rings. The molecule has 0 unspecified atom stereocenters. The van der Waals surface area contributed by atoms with E-state index in [9.17, 15) is 0 Å². The van der Waals surface area contributed by atoms with E-state index in [0.29, 0.717) is 24.1 Å². The Labute approximate surface area is 151 Å². The molecule has 2 aromatic carbocycles. The highest BCUT2D eigenvalue weighted by atomic mass is 16.5. The van der Waals surface area contributed by atoms with E-state index < -0.39 is 0 Å². The maximum atomic E-state index is 5.50. The maximum absolute atomic E-state index is 5.50. The van der Waals surface area contributed by atoms with Crippen LogP contribution in [0.25, 0.3) is 11.3 Å². The van der Waals surface area contributed by atoms with Crippen molar-refractivity contribution in [2.75, 3.05) is 19.1 Å². The molecule has 132 valence electrons. The highest BCUT2D eigenvalue weighted by molar-refractivity contribution is 5.81. The van der Waals surface area contributed by atoms with Crippen molar-refractivity contribution in [3.63, 3.8) is 0 Å². The molecule has 0 aliphatic carbocycles. The van der Waals surface area contributed by atoms with Crippen molar-refractivity contribution < 1.29 is 9.47 Å². The summed E-state index contributed by atoms with van der Waals surface area (Å²) in [6.07, 6.45) is 3.26. The van der Waals surface area contributed by atoms with Gasteiger partial charge in [0.15, 0.2) is 11.5 Å². The van der Waals surface area contributed by atoms with E-state index in [4.69, 9.17) is 9.47 Å². The first-order valence-electron chi connectivity index (χ1n) is 8.15. The number of nitrogens with zero attached hydrogens (tertiary/aromatic N) is 4. The summed E-state index contributed by atoms with van der Waals surface area (Å²) in [5, 5.41) is 12.1. The van der Waals surface area contributed by atoms with Crippen LogP contribution in [-0.2, 0) is 0 Å². The first kappa shape index (κ1) is 17.3. The highest BCUT2D eigenvalue weighted by Gasteiger charge is 2.04. The monoisotopic (exact) mass is 349 g/mol. The average Bonchev–Trinajstić information content (AvgIpc) is 2.70. The Morgan fingerprint density at radius 2 is 1.96 bits per heavy atom. The number of nitrogens with one attached hydrogen (secondary N) is 1. The number of hydrazone groups is 1. The number of ether oxygens (including phenoxy) is 2. The number of methoxy groups -OCH3 is 1. The average molecular weight is 349 g/mol. The van der Waals surface area contributed by atoms with Crippen LogP contribution in [0.3, 0.4) is 0 Å². The van der Waals surface area contributed by atoms with Crippen molar-refractivity contribution in [2.24, 2.45) is 5.10 Å². The molecule has 0 saturated heterocycles. The van der Waals surface area contributed by atoms with Gasteiger partial charge in [-0.1, -0.05) is 30.3 Å². The number of benzene rings is 2. The number of rotatable bonds is 7. The van der Waals surface area contributed by atoms with E-state index in [1.807, 2.05) is 55.5 Å². The second kappa shape index (κ2) is 8.57. The van der Waals surface area contributed by atoms with Crippen LogP contribution in [0.1, 0.15) is 12.5 Å². The van der Waals surface area contributed by atoms with E-state index in [-0.39, 0.29) is 0 Å². The Morgan fingerprint density at radius 1 is 1.12 bits per heavy atom. The Bertz CT molecular complexity index is 884. The molecule has 1 heterocycles. The van der Waals surface area contributed by atoms with Crippen molar-refractivity contribution in [1.29, 1.82) is 0 Å². The summed E-state index contributed by atoms with van der Waals surface area (Å²) in [6.45, 7) is 2.50. The maximum Gasteiger partial charge on any atom is 0.263 e. The predicted molar refractivity (Wildman–Crippen MR) is 101 cm³/mol. The molecular weight excluding hydrogens is 330 g/mol. The quantitative estimate of drug-likeness (QED) is 0.520. The molecule has 0 saturated carbocycles. The van der Waals surface area contributed by atoms with E-state index in [1.54, 1.807) is 19.5 Å². The number of hydrogen-bond acceptors (Lipinski definition) is 7. The van der Waals surface area contributed by atoms with Gasteiger partial charge in [-0.3, -0.25) is 0 Å². The van der Waals surface area contributed by atoms with Crippen LogP contribution >= 0.6 is 0 Å². The minimum Gasteiger partial charge on any atom is -0.493 e. The van der Waals surface area contributed by atoms with Crippen LogP contribution in [-0.4, -0.2) is 35.1 Å². The zero-order valence-corrected chi connectivity index (χ0v) is 14.6. The summed E-state index contributed by atoms with van der Waals surface area (Å²) in [6, 6.07) is 15.3. The normalized spacial score (nSPS) is 10.7. The van der Waals surface area contributed by atoms with Crippen LogP contribution in [0.15, 0.2) is 59.8 Å². The molecule has 26 heavy (non-hydrogen) atoms. The van der Waals surface area contributed by atoms with Gasteiger partial charge in [0.2, 0.25) is 0 Å². The van der Waals surface area contributed by atoms with Crippen molar-refractivity contribution >= 4 is 12.2 Å². The SMILES string of the molecule is CCOc1ccc(/C=N/Nc2nncc(-c3ccccc3)n2)cc1OC. The zero-order valence-electron chi connectivity index (χ0n) is 14.6. The van der Waals surface area contributed by atoms with Crippen LogP contribution in [0.5, 0.6) is 11.5 Å². The molecule has 0 atom stereocenters. The minimum atomic E-state index is 0.320. The molecular formula is C19H19N5O2. The third kappa shape index (κ3) is 4.32. The molecule has 1 aromatic heterocycles. The molecule has 0 amide bonds. The summed E-state index contributed by atoms with van der Waals surface area (Å²) in [5.41, 5.74) is 5.33. The number of aromatic nitrogens is 3. The summed E-state index contributed by atoms with van der Waals surface area (Å²) in [7, 11) is 1.60. The Morgan fingerprint density at radius 3 is 2.73 bits per heavy atom. The van der Waals surface area contributed by atoms with E-state index in [1.165, 1.54) is 0 Å². The summed E-state index contributed by atoms with van der Waals surface area (Å²) in [4.78, 5) is 4.40. The zero-order chi connectivity index (χ0) is 18.2. The molecule has 0 aliphatic heterocycles. The standard InChI is InChI=1S/C19H19N5O2/c1-3-26-17-10-9-14(11-18(17)25-2)12-20-23-19-22-16(13-21-24-19)15-7-5-4-6-8-15/h4-13H,3H2,1-2H3,(H,22,23,24)/b20-12+. The molecule has 0 radical (unpaired) electrons. The molecule has 1 N–H and O–H groups in total. The smallest absolute Gasteiger partial charge is 0.263 e. The molecule has 7 heteroatoms. The number of anilines is 1. The summed E-state index contributed by atoms with van der Waals surface area (Å²) >= 11 is 0. The van der Waals surface area contributed by atoms with E-state index in [0.717, 1.165) is 16.8 Å².